The van der Waals surface area contributed by atoms with E-state index in [-0.39, 0.29) is 28.6 Å². The van der Waals surface area contributed by atoms with Gasteiger partial charge in [0.2, 0.25) is 0 Å². The highest BCUT2D eigenvalue weighted by atomic mass is 35.5. The van der Waals surface area contributed by atoms with Gasteiger partial charge in [0.1, 0.15) is 11.4 Å². The summed E-state index contributed by atoms with van der Waals surface area (Å²) in [7, 11) is 3.47. The third-order valence-corrected chi connectivity index (χ3v) is 3.46. The molecule has 0 aliphatic rings. The second-order valence-corrected chi connectivity index (χ2v) is 7.06. The third-order valence-electron chi connectivity index (χ3n) is 3.19. The minimum absolute atomic E-state index is 0.108. The molecule has 1 aromatic carbocycles. The Labute approximate surface area is 152 Å². The van der Waals surface area contributed by atoms with E-state index in [1.165, 1.54) is 17.1 Å². The number of ether oxygens (including phenoxy) is 1. The molecule has 0 atom stereocenters. The Hall–Kier alpha value is -1.86. The summed E-state index contributed by atoms with van der Waals surface area (Å²) >= 11 is 5.91. The highest BCUT2D eigenvalue weighted by Gasteiger charge is 2.21. The maximum Gasteiger partial charge on any atom is 0.407 e. The van der Waals surface area contributed by atoms with Crippen molar-refractivity contribution < 1.29 is 18.7 Å². The Morgan fingerprint density at radius 1 is 1.28 bits per heavy atom. The maximum absolute atomic E-state index is 14.2. The minimum Gasteiger partial charge on any atom is -0.444 e. The van der Waals surface area contributed by atoms with Gasteiger partial charge in [-0.1, -0.05) is 11.6 Å². The van der Waals surface area contributed by atoms with Crippen LogP contribution < -0.4 is 5.32 Å². The van der Waals surface area contributed by atoms with Crippen LogP contribution in [0.15, 0.2) is 12.1 Å². The van der Waals surface area contributed by atoms with Gasteiger partial charge in [-0.05, 0) is 39.8 Å². The van der Waals surface area contributed by atoms with E-state index in [1.54, 1.807) is 39.9 Å². The van der Waals surface area contributed by atoms with Gasteiger partial charge < -0.3 is 10.1 Å². The second-order valence-electron chi connectivity index (χ2n) is 6.65. The largest absolute Gasteiger partial charge is 0.444 e. The number of benzene rings is 1. The summed E-state index contributed by atoms with van der Waals surface area (Å²) in [5, 5.41) is 5.40. The molecule has 0 heterocycles. The molecule has 0 bridgehead atoms. The molecule has 140 valence electrons. The molecule has 0 saturated carbocycles. The van der Waals surface area contributed by atoms with Crippen LogP contribution in [0.2, 0.25) is 5.02 Å². The third kappa shape index (κ3) is 6.17. The van der Waals surface area contributed by atoms with Gasteiger partial charge >= 0.3 is 6.09 Å². The van der Waals surface area contributed by atoms with Crippen molar-refractivity contribution in [3.05, 3.63) is 34.1 Å². The fourth-order valence-corrected chi connectivity index (χ4v) is 2.38. The summed E-state index contributed by atoms with van der Waals surface area (Å²) in [6.45, 7) is 7.31. The van der Waals surface area contributed by atoms with Gasteiger partial charge in [0.25, 0.3) is 5.91 Å². The van der Waals surface area contributed by atoms with Crippen LogP contribution in [0.3, 0.4) is 0 Å². The zero-order valence-corrected chi connectivity index (χ0v) is 16.2. The summed E-state index contributed by atoms with van der Waals surface area (Å²) in [6, 6.07) is 2.66. The van der Waals surface area contributed by atoms with Gasteiger partial charge in [0, 0.05) is 38.3 Å². The Bertz CT molecular complexity index is 645. The molecule has 0 radical (unpaired) electrons. The van der Waals surface area contributed by atoms with E-state index in [0.29, 0.717) is 6.54 Å². The normalized spacial score (nSPS) is 11.4. The van der Waals surface area contributed by atoms with Crippen molar-refractivity contribution >= 4 is 23.6 Å². The Morgan fingerprint density at radius 2 is 1.88 bits per heavy atom. The van der Waals surface area contributed by atoms with E-state index in [2.05, 4.69) is 5.32 Å². The molecule has 0 aromatic heterocycles. The molecule has 6 nitrogen and oxygen atoms in total. The van der Waals surface area contributed by atoms with E-state index in [1.807, 2.05) is 6.92 Å². The van der Waals surface area contributed by atoms with Crippen LogP contribution in [-0.4, -0.2) is 48.3 Å². The molecular weight excluding hydrogens is 349 g/mol. The molecule has 1 N–H and O–H groups in total. The minimum atomic E-state index is -0.679. The fourth-order valence-electron chi connectivity index (χ4n) is 2.14. The molecule has 0 aliphatic heterocycles. The fraction of sp³-hybridized carbons (Fsp3) is 0.529. The number of rotatable bonds is 5. The molecule has 1 aromatic rings. The topological polar surface area (TPSA) is 61.9 Å². The standard InChI is InChI=1S/C17H25ClFN3O3/c1-7-22(21(5)6)15(23)11-8-12(14(19)13(18)9-11)10-20-16(24)25-17(2,3)4/h8-9H,7,10H2,1-6H3,(H,20,24). The summed E-state index contributed by atoms with van der Waals surface area (Å²) in [4.78, 5) is 24.3. The molecule has 0 aliphatic carbocycles. The summed E-state index contributed by atoms with van der Waals surface area (Å²) in [6.07, 6.45) is -0.678. The average Bonchev–Trinajstić information content (AvgIpc) is 2.47. The number of carbonyl (C=O) groups is 2. The van der Waals surface area contributed by atoms with Crippen LogP contribution in [0.25, 0.3) is 0 Å². The maximum atomic E-state index is 14.2. The molecule has 2 amide bonds. The monoisotopic (exact) mass is 373 g/mol. The molecule has 8 heteroatoms. The number of nitrogens with zero attached hydrogens (tertiary/aromatic N) is 2. The van der Waals surface area contributed by atoms with Crippen molar-refractivity contribution in [2.24, 2.45) is 0 Å². The Morgan fingerprint density at radius 3 is 2.36 bits per heavy atom. The lowest BCUT2D eigenvalue weighted by Gasteiger charge is -2.27. The number of halogens is 2. The lowest BCUT2D eigenvalue weighted by Crippen LogP contribution is -2.41. The first-order valence-electron chi connectivity index (χ1n) is 7.90. The van der Waals surface area contributed by atoms with Crippen molar-refractivity contribution in [1.82, 2.24) is 15.3 Å². The van der Waals surface area contributed by atoms with E-state index < -0.39 is 17.5 Å². The molecule has 0 spiro atoms. The SMILES string of the molecule is CCN(C(=O)c1cc(Cl)c(F)c(CNC(=O)OC(C)(C)C)c1)N(C)C. The van der Waals surface area contributed by atoms with Crippen LogP contribution in [0.1, 0.15) is 43.6 Å². The zero-order valence-electron chi connectivity index (χ0n) is 15.4. The molecule has 0 unspecified atom stereocenters. The molecule has 0 fully saturated rings. The van der Waals surface area contributed by atoms with Crippen LogP contribution in [0.5, 0.6) is 0 Å². The predicted molar refractivity (Wildman–Crippen MR) is 94.9 cm³/mol. The van der Waals surface area contributed by atoms with Crippen LogP contribution in [0, 0.1) is 5.82 Å². The van der Waals surface area contributed by atoms with Crippen molar-refractivity contribution in [1.29, 1.82) is 0 Å². The molecule has 1 rings (SSSR count). The van der Waals surface area contributed by atoms with Gasteiger partial charge in [-0.3, -0.25) is 9.80 Å². The molecular formula is C17H25ClFN3O3. The second kappa shape index (κ2) is 8.49. The quantitative estimate of drug-likeness (QED) is 0.803. The van der Waals surface area contributed by atoms with E-state index in [4.69, 9.17) is 16.3 Å². The number of amides is 2. The van der Waals surface area contributed by atoms with Crippen LogP contribution in [-0.2, 0) is 11.3 Å². The smallest absolute Gasteiger partial charge is 0.407 e. The first-order valence-corrected chi connectivity index (χ1v) is 8.28. The van der Waals surface area contributed by atoms with E-state index in [9.17, 15) is 14.0 Å². The first-order chi connectivity index (χ1) is 11.5. The Kier molecular flexibility index (Phi) is 7.19. The number of alkyl carbamates (subject to hydrolysis) is 1. The lowest BCUT2D eigenvalue weighted by molar-refractivity contribution is 0.0230. The number of carbonyl (C=O) groups excluding carboxylic acids is 2. The van der Waals surface area contributed by atoms with Gasteiger partial charge in [-0.2, -0.15) is 0 Å². The van der Waals surface area contributed by atoms with Crippen molar-refractivity contribution in [3.63, 3.8) is 0 Å². The number of hydrogen-bond acceptors (Lipinski definition) is 4. The Balaban J connectivity index is 3.00. The van der Waals surface area contributed by atoms with Gasteiger partial charge in [0.15, 0.2) is 0 Å². The highest BCUT2D eigenvalue weighted by molar-refractivity contribution is 6.31. The van der Waals surface area contributed by atoms with E-state index >= 15 is 0 Å². The zero-order chi connectivity index (χ0) is 19.4. The van der Waals surface area contributed by atoms with Crippen molar-refractivity contribution in [3.8, 4) is 0 Å². The average molecular weight is 374 g/mol. The van der Waals surface area contributed by atoms with Gasteiger partial charge in [-0.25, -0.2) is 14.2 Å². The number of hydrazine groups is 1. The number of nitrogens with one attached hydrogen (secondary N) is 1. The van der Waals surface area contributed by atoms with Crippen molar-refractivity contribution in [2.45, 2.75) is 39.8 Å². The molecule has 0 saturated heterocycles. The summed E-state index contributed by atoms with van der Waals surface area (Å²) < 4.78 is 19.3. The number of hydrogen-bond donors (Lipinski definition) is 1. The van der Waals surface area contributed by atoms with Gasteiger partial charge in [-0.15, -0.1) is 0 Å². The molecule has 25 heavy (non-hydrogen) atoms. The lowest BCUT2D eigenvalue weighted by atomic mass is 10.1. The predicted octanol–water partition coefficient (Wildman–Crippen LogP) is 3.44. The first kappa shape index (κ1) is 21.2. The van der Waals surface area contributed by atoms with Crippen molar-refractivity contribution in [2.75, 3.05) is 20.6 Å². The van der Waals surface area contributed by atoms with E-state index in [0.717, 1.165) is 0 Å². The van der Waals surface area contributed by atoms with Gasteiger partial charge in [0.05, 0.1) is 5.02 Å². The highest BCUT2D eigenvalue weighted by Crippen LogP contribution is 2.22. The van der Waals surface area contributed by atoms with Crippen LogP contribution >= 0.6 is 11.6 Å². The van der Waals surface area contributed by atoms with Crippen LogP contribution in [0.4, 0.5) is 9.18 Å². The summed E-state index contributed by atoms with van der Waals surface area (Å²) in [5.74, 6) is -0.991. The summed E-state index contributed by atoms with van der Waals surface area (Å²) in [5.41, 5.74) is -0.315.